The van der Waals surface area contributed by atoms with Gasteiger partial charge in [-0.2, -0.15) is 0 Å². The third-order valence-electron chi connectivity index (χ3n) is 5.09. The number of piperidine rings is 1. The van der Waals surface area contributed by atoms with E-state index in [0.717, 1.165) is 32.1 Å². The largest absolute Gasteiger partial charge is 0.349 e. The zero-order valence-electron chi connectivity index (χ0n) is 12.9. The first-order chi connectivity index (χ1) is 9.36. The van der Waals surface area contributed by atoms with Crippen LogP contribution in [0, 0.1) is 11.3 Å². The number of nitrogens with two attached hydrogens (primary N) is 1. The SMILES string of the molecule is CN(C)C(=O)C1CCN(C(=O)C2(C)CCCC2N)CC1. The summed E-state index contributed by atoms with van der Waals surface area (Å²) in [6.07, 6.45) is 4.42. The highest BCUT2D eigenvalue weighted by Gasteiger charge is 2.45. The number of nitrogens with zero attached hydrogens (tertiary/aromatic N) is 2. The number of hydrogen-bond donors (Lipinski definition) is 1. The quantitative estimate of drug-likeness (QED) is 0.815. The van der Waals surface area contributed by atoms with Crippen LogP contribution in [0.4, 0.5) is 0 Å². The van der Waals surface area contributed by atoms with Gasteiger partial charge in [-0.25, -0.2) is 0 Å². The topological polar surface area (TPSA) is 66.6 Å². The van der Waals surface area contributed by atoms with Crippen LogP contribution in [0.15, 0.2) is 0 Å². The Morgan fingerprint density at radius 1 is 1.20 bits per heavy atom. The molecular formula is C15H27N3O2. The molecule has 0 aromatic heterocycles. The van der Waals surface area contributed by atoms with Gasteiger partial charge in [-0.15, -0.1) is 0 Å². The predicted molar refractivity (Wildman–Crippen MR) is 77.9 cm³/mol. The molecule has 0 aromatic carbocycles. The molecule has 1 aliphatic carbocycles. The Morgan fingerprint density at radius 2 is 1.80 bits per heavy atom. The van der Waals surface area contributed by atoms with E-state index in [1.54, 1.807) is 19.0 Å². The van der Waals surface area contributed by atoms with Gasteiger partial charge >= 0.3 is 0 Å². The van der Waals surface area contributed by atoms with E-state index in [9.17, 15) is 9.59 Å². The molecule has 5 nitrogen and oxygen atoms in total. The summed E-state index contributed by atoms with van der Waals surface area (Å²) >= 11 is 0. The molecule has 1 heterocycles. The molecule has 20 heavy (non-hydrogen) atoms. The molecule has 2 amide bonds. The van der Waals surface area contributed by atoms with Gasteiger partial charge in [0.05, 0.1) is 5.41 Å². The number of carbonyl (C=O) groups is 2. The van der Waals surface area contributed by atoms with Gasteiger partial charge in [0.25, 0.3) is 0 Å². The Bertz CT molecular complexity index is 389. The van der Waals surface area contributed by atoms with Crippen LogP contribution in [0.25, 0.3) is 0 Å². The zero-order chi connectivity index (χ0) is 14.9. The Morgan fingerprint density at radius 3 is 2.25 bits per heavy atom. The third-order valence-corrected chi connectivity index (χ3v) is 5.09. The number of carbonyl (C=O) groups excluding carboxylic acids is 2. The highest BCUT2D eigenvalue weighted by Crippen LogP contribution is 2.39. The molecule has 0 bridgehead atoms. The molecular weight excluding hydrogens is 254 g/mol. The van der Waals surface area contributed by atoms with Crippen molar-refractivity contribution in [3.8, 4) is 0 Å². The summed E-state index contributed by atoms with van der Waals surface area (Å²) in [6, 6.07) is -0.0175. The molecule has 0 aromatic rings. The summed E-state index contributed by atoms with van der Waals surface area (Å²) in [5, 5.41) is 0. The highest BCUT2D eigenvalue weighted by atomic mass is 16.2. The maximum absolute atomic E-state index is 12.7. The molecule has 2 aliphatic rings. The Labute approximate surface area is 121 Å². The molecule has 2 N–H and O–H groups in total. The number of amides is 2. The van der Waals surface area contributed by atoms with Crippen LogP contribution < -0.4 is 5.73 Å². The Hall–Kier alpha value is -1.10. The van der Waals surface area contributed by atoms with E-state index in [4.69, 9.17) is 5.73 Å². The van der Waals surface area contributed by atoms with Crippen LogP contribution in [-0.2, 0) is 9.59 Å². The van der Waals surface area contributed by atoms with Gasteiger partial charge in [0.15, 0.2) is 0 Å². The summed E-state index contributed by atoms with van der Waals surface area (Å²) in [7, 11) is 3.58. The lowest BCUT2D eigenvalue weighted by Crippen LogP contribution is -2.52. The minimum absolute atomic E-state index is 0.0175. The number of hydrogen-bond acceptors (Lipinski definition) is 3. The van der Waals surface area contributed by atoms with Crippen molar-refractivity contribution in [2.75, 3.05) is 27.2 Å². The lowest BCUT2D eigenvalue weighted by atomic mass is 9.82. The molecule has 1 saturated carbocycles. The summed E-state index contributed by atoms with van der Waals surface area (Å²) < 4.78 is 0. The second-order valence-electron chi connectivity index (χ2n) is 6.72. The van der Waals surface area contributed by atoms with Crippen molar-refractivity contribution < 1.29 is 9.59 Å². The van der Waals surface area contributed by atoms with Crippen LogP contribution in [0.2, 0.25) is 0 Å². The maximum Gasteiger partial charge on any atom is 0.230 e. The number of likely N-dealkylation sites (tertiary alicyclic amines) is 1. The monoisotopic (exact) mass is 281 g/mol. The van der Waals surface area contributed by atoms with E-state index in [1.807, 2.05) is 11.8 Å². The smallest absolute Gasteiger partial charge is 0.230 e. The standard InChI is InChI=1S/C15H27N3O2/c1-15(8-4-5-12(15)16)14(20)18-9-6-11(7-10-18)13(19)17(2)3/h11-12H,4-10,16H2,1-3H3. The van der Waals surface area contributed by atoms with Crippen LogP contribution in [0.5, 0.6) is 0 Å². The van der Waals surface area contributed by atoms with Gasteiger partial charge in [0.1, 0.15) is 0 Å². The maximum atomic E-state index is 12.7. The minimum atomic E-state index is -0.390. The minimum Gasteiger partial charge on any atom is -0.349 e. The average Bonchev–Trinajstić information content (AvgIpc) is 2.78. The molecule has 5 heteroatoms. The fourth-order valence-electron chi connectivity index (χ4n) is 3.51. The first-order valence-electron chi connectivity index (χ1n) is 7.62. The highest BCUT2D eigenvalue weighted by molar-refractivity contribution is 5.84. The molecule has 1 saturated heterocycles. The molecule has 1 aliphatic heterocycles. The Balaban J connectivity index is 1.94. The van der Waals surface area contributed by atoms with Crippen molar-refractivity contribution in [2.24, 2.45) is 17.1 Å². The normalized spacial score (nSPS) is 31.4. The molecule has 0 radical (unpaired) electrons. The van der Waals surface area contributed by atoms with Gasteiger partial charge in [-0.1, -0.05) is 6.42 Å². The molecule has 2 atom stereocenters. The molecule has 2 unspecified atom stereocenters. The number of rotatable bonds is 2. The van der Waals surface area contributed by atoms with Crippen molar-refractivity contribution in [1.82, 2.24) is 9.80 Å². The predicted octanol–water partition coefficient (Wildman–Crippen LogP) is 0.831. The van der Waals surface area contributed by atoms with Gasteiger partial charge in [-0.05, 0) is 32.6 Å². The van der Waals surface area contributed by atoms with Crippen LogP contribution >= 0.6 is 0 Å². The summed E-state index contributed by atoms with van der Waals surface area (Å²) in [5.41, 5.74) is 5.74. The van der Waals surface area contributed by atoms with Crippen LogP contribution in [0.1, 0.15) is 39.0 Å². The van der Waals surface area contributed by atoms with Gasteiger partial charge in [0.2, 0.25) is 11.8 Å². The van der Waals surface area contributed by atoms with Gasteiger partial charge in [0, 0.05) is 39.1 Å². The van der Waals surface area contributed by atoms with E-state index in [2.05, 4.69) is 0 Å². The van der Waals surface area contributed by atoms with E-state index in [-0.39, 0.29) is 23.8 Å². The van der Waals surface area contributed by atoms with E-state index >= 15 is 0 Å². The second-order valence-corrected chi connectivity index (χ2v) is 6.72. The third kappa shape index (κ3) is 2.68. The summed E-state index contributed by atoms with van der Waals surface area (Å²) in [4.78, 5) is 28.2. The first kappa shape index (κ1) is 15.3. The fourth-order valence-corrected chi connectivity index (χ4v) is 3.51. The summed E-state index contributed by atoms with van der Waals surface area (Å²) in [5.74, 6) is 0.443. The van der Waals surface area contributed by atoms with E-state index in [0.29, 0.717) is 13.1 Å². The second kappa shape index (κ2) is 5.72. The lowest BCUT2D eigenvalue weighted by molar-refractivity contribution is -0.145. The van der Waals surface area contributed by atoms with Crippen molar-refractivity contribution in [3.63, 3.8) is 0 Å². The average molecular weight is 281 g/mol. The van der Waals surface area contributed by atoms with Crippen molar-refractivity contribution in [2.45, 2.75) is 45.1 Å². The van der Waals surface area contributed by atoms with E-state index < -0.39 is 5.41 Å². The van der Waals surface area contributed by atoms with Gasteiger partial charge < -0.3 is 15.5 Å². The molecule has 2 fully saturated rings. The van der Waals surface area contributed by atoms with Crippen molar-refractivity contribution in [3.05, 3.63) is 0 Å². The van der Waals surface area contributed by atoms with Gasteiger partial charge in [-0.3, -0.25) is 9.59 Å². The van der Waals surface area contributed by atoms with Crippen LogP contribution in [-0.4, -0.2) is 54.8 Å². The van der Waals surface area contributed by atoms with Crippen molar-refractivity contribution >= 4 is 11.8 Å². The fraction of sp³-hybridized carbons (Fsp3) is 0.867. The van der Waals surface area contributed by atoms with Crippen molar-refractivity contribution in [1.29, 1.82) is 0 Å². The molecule has 114 valence electrons. The summed E-state index contributed by atoms with van der Waals surface area (Å²) in [6.45, 7) is 3.38. The zero-order valence-corrected chi connectivity index (χ0v) is 12.9. The first-order valence-corrected chi connectivity index (χ1v) is 7.62. The van der Waals surface area contributed by atoms with E-state index in [1.165, 1.54) is 0 Å². The Kier molecular flexibility index (Phi) is 4.37. The van der Waals surface area contributed by atoms with Crippen LogP contribution in [0.3, 0.4) is 0 Å². The molecule has 2 rings (SSSR count). The molecule has 0 spiro atoms. The lowest BCUT2D eigenvalue weighted by Gasteiger charge is -2.38.